The van der Waals surface area contributed by atoms with Crippen molar-refractivity contribution < 1.29 is 0 Å². The standard InChI is InChI=1S/C12H14IN3S/c1-2-6-14-8-11-15-16-12(17-11)9-4-3-5-10(13)7-9/h3-5,7,14H,2,6,8H2,1H3. The van der Waals surface area contributed by atoms with Crippen LogP contribution in [0.3, 0.4) is 0 Å². The Kier molecular flexibility index (Phi) is 4.87. The van der Waals surface area contributed by atoms with Crippen molar-refractivity contribution in [1.29, 1.82) is 0 Å². The Labute approximate surface area is 119 Å². The van der Waals surface area contributed by atoms with Gasteiger partial charge in [0.2, 0.25) is 0 Å². The van der Waals surface area contributed by atoms with Gasteiger partial charge in [-0.15, -0.1) is 10.2 Å². The number of halogens is 1. The number of nitrogens with zero attached hydrogens (tertiary/aromatic N) is 2. The van der Waals surface area contributed by atoms with Crippen LogP contribution in [-0.4, -0.2) is 16.7 Å². The van der Waals surface area contributed by atoms with Crippen LogP contribution < -0.4 is 5.32 Å². The maximum absolute atomic E-state index is 4.23. The highest BCUT2D eigenvalue weighted by Gasteiger charge is 2.06. The molecule has 0 unspecified atom stereocenters. The lowest BCUT2D eigenvalue weighted by Crippen LogP contribution is -2.13. The summed E-state index contributed by atoms with van der Waals surface area (Å²) in [6.07, 6.45) is 1.14. The molecule has 1 aromatic carbocycles. The van der Waals surface area contributed by atoms with E-state index in [1.807, 2.05) is 6.07 Å². The maximum Gasteiger partial charge on any atom is 0.147 e. The topological polar surface area (TPSA) is 37.8 Å². The third-order valence-electron chi connectivity index (χ3n) is 2.24. The molecule has 0 aliphatic rings. The van der Waals surface area contributed by atoms with Crippen LogP contribution in [0.2, 0.25) is 0 Å². The second-order valence-electron chi connectivity index (χ2n) is 3.69. The minimum Gasteiger partial charge on any atom is -0.310 e. The molecule has 0 bridgehead atoms. The molecule has 3 nitrogen and oxygen atoms in total. The second kappa shape index (κ2) is 6.42. The summed E-state index contributed by atoms with van der Waals surface area (Å²) >= 11 is 3.97. The van der Waals surface area contributed by atoms with Gasteiger partial charge in [0.05, 0.1) is 0 Å². The van der Waals surface area contributed by atoms with Gasteiger partial charge in [-0.25, -0.2) is 0 Å². The number of hydrogen-bond donors (Lipinski definition) is 1. The van der Waals surface area contributed by atoms with Crippen molar-refractivity contribution in [3.8, 4) is 10.6 Å². The first kappa shape index (κ1) is 12.9. The minimum atomic E-state index is 0.815. The number of nitrogens with one attached hydrogen (secondary N) is 1. The van der Waals surface area contributed by atoms with E-state index in [1.54, 1.807) is 11.3 Å². The molecule has 0 radical (unpaired) electrons. The molecule has 2 rings (SSSR count). The summed E-state index contributed by atoms with van der Waals surface area (Å²) in [4.78, 5) is 0. The van der Waals surface area contributed by atoms with E-state index < -0.39 is 0 Å². The first-order valence-electron chi connectivity index (χ1n) is 5.58. The molecule has 2 aromatic rings. The van der Waals surface area contributed by atoms with E-state index in [2.05, 4.69) is 63.2 Å². The molecule has 0 fully saturated rings. The molecule has 1 N–H and O–H groups in total. The van der Waals surface area contributed by atoms with E-state index in [9.17, 15) is 0 Å². The van der Waals surface area contributed by atoms with Crippen molar-refractivity contribution >= 4 is 33.9 Å². The molecular weight excluding hydrogens is 345 g/mol. The molecule has 0 aliphatic carbocycles. The first-order chi connectivity index (χ1) is 8.29. The van der Waals surface area contributed by atoms with Gasteiger partial charge < -0.3 is 5.32 Å². The van der Waals surface area contributed by atoms with E-state index >= 15 is 0 Å². The van der Waals surface area contributed by atoms with Gasteiger partial charge in [0.15, 0.2) is 0 Å². The zero-order valence-electron chi connectivity index (χ0n) is 9.61. The molecule has 0 aliphatic heterocycles. The maximum atomic E-state index is 4.23. The zero-order valence-corrected chi connectivity index (χ0v) is 12.6. The summed E-state index contributed by atoms with van der Waals surface area (Å²) in [5.74, 6) is 0. The fourth-order valence-corrected chi connectivity index (χ4v) is 2.78. The fraction of sp³-hybridized carbons (Fsp3) is 0.333. The van der Waals surface area contributed by atoms with E-state index in [1.165, 1.54) is 3.57 Å². The fourth-order valence-electron chi connectivity index (χ4n) is 1.44. The highest BCUT2D eigenvalue weighted by molar-refractivity contribution is 14.1. The van der Waals surface area contributed by atoms with Crippen LogP contribution in [0.15, 0.2) is 24.3 Å². The van der Waals surface area contributed by atoms with Crippen molar-refractivity contribution in [2.24, 2.45) is 0 Å². The van der Waals surface area contributed by atoms with Crippen LogP contribution in [0.25, 0.3) is 10.6 Å². The predicted molar refractivity (Wildman–Crippen MR) is 80.1 cm³/mol. The lowest BCUT2D eigenvalue weighted by atomic mass is 10.2. The molecule has 0 atom stereocenters. The lowest BCUT2D eigenvalue weighted by Gasteiger charge is -1.97. The van der Waals surface area contributed by atoms with Crippen molar-refractivity contribution in [2.45, 2.75) is 19.9 Å². The Morgan fingerprint density at radius 2 is 2.24 bits per heavy atom. The molecular formula is C12H14IN3S. The largest absolute Gasteiger partial charge is 0.310 e. The highest BCUT2D eigenvalue weighted by atomic mass is 127. The number of rotatable bonds is 5. The van der Waals surface area contributed by atoms with Gasteiger partial charge >= 0.3 is 0 Å². The average molecular weight is 359 g/mol. The van der Waals surface area contributed by atoms with Crippen LogP contribution in [0.5, 0.6) is 0 Å². The average Bonchev–Trinajstić information content (AvgIpc) is 2.78. The van der Waals surface area contributed by atoms with Crippen LogP contribution >= 0.6 is 33.9 Å². The van der Waals surface area contributed by atoms with Crippen LogP contribution in [0.4, 0.5) is 0 Å². The normalized spacial score (nSPS) is 10.7. The van der Waals surface area contributed by atoms with Gasteiger partial charge in [0.25, 0.3) is 0 Å². The first-order valence-corrected chi connectivity index (χ1v) is 7.48. The van der Waals surface area contributed by atoms with E-state index in [4.69, 9.17) is 0 Å². The van der Waals surface area contributed by atoms with Crippen molar-refractivity contribution in [3.05, 3.63) is 32.8 Å². The zero-order chi connectivity index (χ0) is 12.1. The van der Waals surface area contributed by atoms with E-state index in [-0.39, 0.29) is 0 Å². The van der Waals surface area contributed by atoms with Crippen LogP contribution in [-0.2, 0) is 6.54 Å². The van der Waals surface area contributed by atoms with E-state index in [0.29, 0.717) is 0 Å². The second-order valence-corrected chi connectivity index (χ2v) is 6.00. The van der Waals surface area contributed by atoms with Gasteiger partial charge in [-0.3, -0.25) is 0 Å². The SMILES string of the molecule is CCCNCc1nnc(-c2cccc(I)c2)s1. The molecule has 5 heteroatoms. The van der Waals surface area contributed by atoms with E-state index in [0.717, 1.165) is 35.1 Å². The minimum absolute atomic E-state index is 0.815. The lowest BCUT2D eigenvalue weighted by molar-refractivity contribution is 0.668. The van der Waals surface area contributed by atoms with Gasteiger partial charge in [-0.1, -0.05) is 30.4 Å². The quantitative estimate of drug-likeness (QED) is 0.658. The molecule has 0 saturated heterocycles. The molecule has 17 heavy (non-hydrogen) atoms. The van der Waals surface area contributed by atoms with Gasteiger partial charge in [0.1, 0.15) is 10.0 Å². The number of hydrogen-bond acceptors (Lipinski definition) is 4. The Bertz CT molecular complexity index is 484. The third-order valence-corrected chi connectivity index (χ3v) is 3.88. The van der Waals surface area contributed by atoms with Gasteiger partial charge in [0, 0.05) is 15.7 Å². The van der Waals surface area contributed by atoms with Crippen molar-refractivity contribution in [1.82, 2.24) is 15.5 Å². The number of benzene rings is 1. The summed E-state index contributed by atoms with van der Waals surface area (Å²) in [7, 11) is 0. The molecule has 90 valence electrons. The molecule has 1 heterocycles. The summed E-state index contributed by atoms with van der Waals surface area (Å²) in [6.45, 7) is 4.00. The Morgan fingerprint density at radius 1 is 1.35 bits per heavy atom. The van der Waals surface area contributed by atoms with Crippen LogP contribution in [0, 0.1) is 3.57 Å². The molecule has 0 amide bonds. The smallest absolute Gasteiger partial charge is 0.147 e. The summed E-state index contributed by atoms with van der Waals surface area (Å²) in [5.41, 5.74) is 1.15. The highest BCUT2D eigenvalue weighted by Crippen LogP contribution is 2.24. The van der Waals surface area contributed by atoms with Gasteiger partial charge in [-0.2, -0.15) is 0 Å². The molecule has 0 spiro atoms. The number of aromatic nitrogens is 2. The molecule has 0 saturated carbocycles. The van der Waals surface area contributed by atoms with Gasteiger partial charge in [-0.05, 0) is 47.7 Å². The summed E-state index contributed by atoms with van der Waals surface area (Å²) in [6, 6.07) is 8.33. The summed E-state index contributed by atoms with van der Waals surface area (Å²) in [5, 5.41) is 13.8. The van der Waals surface area contributed by atoms with Crippen LogP contribution in [0.1, 0.15) is 18.4 Å². The monoisotopic (exact) mass is 359 g/mol. The Hall–Kier alpha value is -0.530. The Morgan fingerprint density at radius 3 is 3.00 bits per heavy atom. The van der Waals surface area contributed by atoms with Crippen molar-refractivity contribution in [2.75, 3.05) is 6.54 Å². The summed E-state index contributed by atoms with van der Waals surface area (Å²) < 4.78 is 1.22. The Balaban J connectivity index is 2.07. The predicted octanol–water partition coefficient (Wildman–Crippen LogP) is 3.31. The third kappa shape index (κ3) is 3.72. The molecule has 1 aromatic heterocycles. The van der Waals surface area contributed by atoms with Crippen molar-refractivity contribution in [3.63, 3.8) is 0 Å².